The molecule has 0 saturated carbocycles. The number of amides is 1. The number of aliphatic imine (C=N–C) groups is 1. The molecule has 0 spiro atoms. The summed E-state index contributed by atoms with van der Waals surface area (Å²) in [6, 6.07) is 9.24. The number of aromatic nitrogens is 1. The van der Waals surface area contributed by atoms with Crippen LogP contribution in [0.4, 0.5) is 11.4 Å². The minimum atomic E-state index is -0.418. The molecule has 2 N–H and O–H groups in total. The molecule has 11 heteroatoms. The third-order valence-corrected chi connectivity index (χ3v) is 6.04. The predicted octanol–water partition coefficient (Wildman–Crippen LogP) is 1.26. The number of nitrogens with one attached hydrogen (secondary N) is 2. The van der Waals surface area contributed by atoms with Gasteiger partial charge in [-0.3, -0.25) is 14.2 Å². The molecule has 10 nitrogen and oxygen atoms in total. The van der Waals surface area contributed by atoms with Gasteiger partial charge in [-0.25, -0.2) is 4.99 Å². The van der Waals surface area contributed by atoms with Gasteiger partial charge in [-0.1, -0.05) is 6.07 Å². The predicted molar refractivity (Wildman–Crippen MR) is 136 cm³/mol. The Hall–Kier alpha value is -3.46. The smallest absolute Gasteiger partial charge is 0.270 e. The lowest BCUT2D eigenvalue weighted by atomic mass is 10.1. The number of nitrogens with zero attached hydrogens (tertiary/aromatic N) is 3. The van der Waals surface area contributed by atoms with Gasteiger partial charge in [0.05, 0.1) is 18.8 Å². The second kappa shape index (κ2) is 11.8. The molecular formula is C24H29N5O5S. The number of hydrogen-bond donors (Lipinski definition) is 2. The average Bonchev–Trinajstić information content (AvgIpc) is 3.34. The molecule has 35 heavy (non-hydrogen) atoms. The summed E-state index contributed by atoms with van der Waals surface area (Å²) in [6.07, 6.45) is 1.59. The van der Waals surface area contributed by atoms with Gasteiger partial charge in [0.15, 0.2) is 0 Å². The minimum absolute atomic E-state index is 0.0778. The summed E-state index contributed by atoms with van der Waals surface area (Å²) >= 11 is 1.19. The van der Waals surface area contributed by atoms with E-state index in [-0.39, 0.29) is 29.5 Å². The lowest BCUT2D eigenvalue weighted by molar-refractivity contribution is -0.121. The third-order valence-electron chi connectivity index (χ3n) is 4.91. The summed E-state index contributed by atoms with van der Waals surface area (Å²) in [4.78, 5) is 29.5. The van der Waals surface area contributed by atoms with Gasteiger partial charge < -0.3 is 24.8 Å². The molecule has 186 valence electrons. The first-order valence-electron chi connectivity index (χ1n) is 11.1. The van der Waals surface area contributed by atoms with Crippen molar-refractivity contribution in [1.82, 2.24) is 4.57 Å². The van der Waals surface area contributed by atoms with Crippen LogP contribution in [0, 0.1) is 11.3 Å². The zero-order valence-electron chi connectivity index (χ0n) is 20.2. The monoisotopic (exact) mass is 499 g/mol. The van der Waals surface area contributed by atoms with Gasteiger partial charge in [0.2, 0.25) is 11.8 Å². The van der Waals surface area contributed by atoms with Crippen LogP contribution in [0.5, 0.6) is 0 Å². The fraction of sp³-hybridized carbons (Fsp3) is 0.417. The van der Waals surface area contributed by atoms with Crippen molar-refractivity contribution in [3.63, 3.8) is 0 Å². The Morgan fingerprint density at radius 2 is 2.14 bits per heavy atom. The van der Waals surface area contributed by atoms with Crippen LogP contribution in [0.1, 0.15) is 20.8 Å². The molecule has 0 atom stereocenters. The van der Waals surface area contributed by atoms with E-state index in [1.165, 1.54) is 15.9 Å². The van der Waals surface area contributed by atoms with Gasteiger partial charge in [0.1, 0.15) is 34.1 Å². The number of hydrogen-bond acceptors (Lipinski definition) is 9. The topological polar surface area (TPSA) is 127 Å². The molecule has 0 radical (unpaired) electrons. The number of nitriles is 1. The van der Waals surface area contributed by atoms with E-state index in [1.54, 1.807) is 31.5 Å². The van der Waals surface area contributed by atoms with Crippen molar-refractivity contribution in [2.75, 3.05) is 44.2 Å². The van der Waals surface area contributed by atoms with Crippen LogP contribution in [0.15, 0.2) is 34.1 Å². The van der Waals surface area contributed by atoms with E-state index in [1.807, 2.05) is 26.8 Å². The fourth-order valence-corrected chi connectivity index (χ4v) is 4.31. The lowest BCUT2D eigenvalue weighted by Gasteiger charge is -2.08. The van der Waals surface area contributed by atoms with E-state index in [4.69, 9.17) is 14.2 Å². The maximum Gasteiger partial charge on any atom is 0.270 e. The molecule has 2 heterocycles. The highest BCUT2D eigenvalue weighted by Gasteiger charge is 2.29. The molecule has 3 rings (SSSR count). The molecule has 1 aromatic heterocycles. The molecule has 0 fully saturated rings. The number of carbonyl (C=O) groups excluding carboxylic acids is 1. The molecule has 1 aliphatic heterocycles. The number of methoxy groups -OCH3 is 1. The van der Waals surface area contributed by atoms with Crippen molar-refractivity contribution in [2.24, 2.45) is 4.99 Å². The lowest BCUT2D eigenvalue weighted by Crippen LogP contribution is -2.32. The quantitative estimate of drug-likeness (QED) is 0.471. The molecule has 1 amide bonds. The maximum absolute atomic E-state index is 13.0. The number of ether oxygens (including phenoxy) is 3. The summed E-state index contributed by atoms with van der Waals surface area (Å²) in [5.41, 5.74) is 0.870. The number of carbonyl (C=O) groups is 1. The number of anilines is 2. The van der Waals surface area contributed by atoms with Gasteiger partial charge in [-0.15, -0.1) is 11.3 Å². The molecule has 0 unspecified atom stereocenters. The Balaban J connectivity index is 1.84. The molecular weight excluding hydrogens is 470 g/mol. The van der Waals surface area contributed by atoms with Crippen LogP contribution in [0.2, 0.25) is 0 Å². The number of rotatable bonds is 10. The van der Waals surface area contributed by atoms with E-state index in [0.29, 0.717) is 46.9 Å². The van der Waals surface area contributed by atoms with E-state index in [0.717, 1.165) is 0 Å². The maximum atomic E-state index is 13.0. The van der Waals surface area contributed by atoms with Crippen molar-refractivity contribution >= 4 is 46.3 Å². The summed E-state index contributed by atoms with van der Waals surface area (Å²) in [5.74, 6) is -0.0224. The van der Waals surface area contributed by atoms with Crippen LogP contribution in [-0.4, -0.2) is 55.4 Å². The zero-order chi connectivity index (χ0) is 25.4. The first-order valence-corrected chi connectivity index (χ1v) is 11.9. The van der Waals surface area contributed by atoms with Gasteiger partial charge in [0.25, 0.3) is 5.56 Å². The molecule has 2 aromatic rings. The Labute approximate surface area is 207 Å². The second-order valence-electron chi connectivity index (χ2n) is 8.29. The Morgan fingerprint density at radius 3 is 2.80 bits per heavy atom. The summed E-state index contributed by atoms with van der Waals surface area (Å²) in [5, 5.41) is 15.7. The zero-order valence-corrected chi connectivity index (χ0v) is 21.0. The molecule has 0 saturated heterocycles. The Bertz CT molecular complexity index is 1320. The first-order chi connectivity index (χ1) is 16.8. The summed E-state index contributed by atoms with van der Waals surface area (Å²) in [6.45, 7) is 7.13. The van der Waals surface area contributed by atoms with Crippen LogP contribution in [0.3, 0.4) is 0 Å². The van der Waals surface area contributed by atoms with Gasteiger partial charge in [-0.05, 0) is 39.0 Å². The highest BCUT2D eigenvalue weighted by Crippen LogP contribution is 2.20. The third kappa shape index (κ3) is 6.79. The largest absolute Gasteiger partial charge is 0.474 e. The van der Waals surface area contributed by atoms with Gasteiger partial charge >= 0.3 is 0 Å². The minimum Gasteiger partial charge on any atom is -0.474 e. The van der Waals surface area contributed by atoms with Crippen molar-refractivity contribution in [3.8, 4) is 6.07 Å². The molecule has 0 aliphatic carbocycles. The summed E-state index contributed by atoms with van der Waals surface area (Å²) < 4.78 is 18.2. The molecule has 1 aromatic carbocycles. The standard InChI is InChI=1S/C24H29N5O5S/c1-5-29-22(31)19(35-23(29)18(12-25)21-28-24(2,3)15-34-21)13-26-16-7-6-8-17(11-16)27-20(30)14-33-10-9-32-4/h6-8,11,13,26H,5,9-10,14-15H2,1-4H3,(H,27,30)/b19-13+,23-18-. The van der Waals surface area contributed by atoms with Gasteiger partial charge in [-0.2, -0.15) is 5.26 Å². The molecule has 0 bridgehead atoms. The Kier molecular flexibility index (Phi) is 8.81. The van der Waals surface area contributed by atoms with Crippen molar-refractivity contribution in [3.05, 3.63) is 43.8 Å². The Morgan fingerprint density at radius 1 is 1.37 bits per heavy atom. The normalized spacial score (nSPS) is 15.7. The van der Waals surface area contributed by atoms with E-state index in [9.17, 15) is 14.9 Å². The number of benzene rings is 1. The van der Waals surface area contributed by atoms with E-state index < -0.39 is 5.54 Å². The highest BCUT2D eigenvalue weighted by molar-refractivity contribution is 7.07. The second-order valence-corrected chi connectivity index (χ2v) is 9.32. The van der Waals surface area contributed by atoms with Crippen LogP contribution in [0.25, 0.3) is 11.8 Å². The van der Waals surface area contributed by atoms with E-state index >= 15 is 0 Å². The van der Waals surface area contributed by atoms with Crippen LogP contribution in [-0.2, 0) is 25.5 Å². The highest BCUT2D eigenvalue weighted by atomic mass is 32.1. The van der Waals surface area contributed by atoms with E-state index in [2.05, 4.69) is 21.7 Å². The van der Waals surface area contributed by atoms with Crippen molar-refractivity contribution < 1.29 is 19.0 Å². The van der Waals surface area contributed by atoms with Crippen LogP contribution < -0.4 is 25.4 Å². The SMILES string of the molecule is CCn1c(=O)/c(=C\Nc2cccc(NC(=O)COCCOC)c2)s/c1=C(/C#N)C1=NC(C)(C)CO1. The average molecular weight is 500 g/mol. The fourth-order valence-electron chi connectivity index (χ4n) is 3.23. The van der Waals surface area contributed by atoms with Crippen molar-refractivity contribution in [1.29, 1.82) is 5.26 Å². The first kappa shape index (κ1) is 26.2. The van der Waals surface area contributed by atoms with Crippen molar-refractivity contribution in [2.45, 2.75) is 32.9 Å². The van der Waals surface area contributed by atoms with Crippen LogP contribution >= 0.6 is 11.3 Å². The summed E-state index contributed by atoms with van der Waals surface area (Å²) in [7, 11) is 1.56. The van der Waals surface area contributed by atoms with Gasteiger partial charge in [0, 0.05) is 31.2 Å². The molecule has 1 aliphatic rings. The number of thiazole rings is 1.